The number of nitrogens with zero attached hydrogens (tertiary/aromatic N) is 2. The van der Waals surface area contributed by atoms with Crippen molar-refractivity contribution in [3.05, 3.63) is 47.9 Å². The highest BCUT2D eigenvalue weighted by atomic mass is 32.2. The van der Waals surface area contributed by atoms with Crippen LogP contribution in [0.1, 0.15) is 11.1 Å². The molecule has 0 fully saturated rings. The summed E-state index contributed by atoms with van der Waals surface area (Å²) in [7, 11) is 3.64. The minimum absolute atomic E-state index is 0.819. The van der Waals surface area contributed by atoms with E-state index in [4.69, 9.17) is 4.74 Å². The van der Waals surface area contributed by atoms with E-state index >= 15 is 0 Å². The lowest BCUT2D eigenvalue weighted by atomic mass is 10.1. The van der Waals surface area contributed by atoms with Crippen molar-refractivity contribution in [2.24, 2.45) is 0 Å². The summed E-state index contributed by atoms with van der Waals surface area (Å²) >= 11 is 1.66. The first-order valence-electron chi connectivity index (χ1n) is 6.02. The van der Waals surface area contributed by atoms with Crippen LogP contribution >= 0.6 is 11.8 Å². The molecule has 2 rings (SSSR count). The lowest BCUT2D eigenvalue weighted by Crippen LogP contribution is -2.05. The molecule has 0 radical (unpaired) electrons. The van der Waals surface area contributed by atoms with Gasteiger partial charge in [0.05, 0.1) is 13.3 Å². The second kappa shape index (κ2) is 7.11. The van der Waals surface area contributed by atoms with Gasteiger partial charge in [-0.1, -0.05) is 17.8 Å². The second-order valence-corrected chi connectivity index (χ2v) is 5.00. The normalized spacial score (nSPS) is 10.4. The van der Waals surface area contributed by atoms with Gasteiger partial charge in [-0.15, -0.1) is 0 Å². The first-order chi connectivity index (χ1) is 9.33. The Morgan fingerprint density at radius 3 is 2.89 bits per heavy atom. The SMILES string of the molecule is CNCc1ccc(OC)c(CSc2cnccn2)c1. The number of nitrogens with one attached hydrogen (secondary N) is 1. The van der Waals surface area contributed by atoms with Crippen molar-refractivity contribution < 1.29 is 4.74 Å². The van der Waals surface area contributed by atoms with Gasteiger partial charge in [-0.3, -0.25) is 4.98 Å². The summed E-state index contributed by atoms with van der Waals surface area (Å²) < 4.78 is 5.40. The van der Waals surface area contributed by atoms with Gasteiger partial charge in [0.1, 0.15) is 10.8 Å². The third-order valence-corrected chi connectivity index (χ3v) is 3.60. The van der Waals surface area contributed by atoms with E-state index in [0.717, 1.165) is 23.1 Å². The Balaban J connectivity index is 2.11. The van der Waals surface area contributed by atoms with Gasteiger partial charge in [-0.05, 0) is 24.7 Å². The maximum absolute atomic E-state index is 5.40. The number of hydrogen-bond acceptors (Lipinski definition) is 5. The molecule has 1 heterocycles. The van der Waals surface area contributed by atoms with Crippen molar-refractivity contribution in [3.8, 4) is 5.75 Å². The van der Waals surface area contributed by atoms with Gasteiger partial charge < -0.3 is 10.1 Å². The zero-order valence-electron chi connectivity index (χ0n) is 11.1. The molecule has 5 heteroatoms. The molecule has 4 nitrogen and oxygen atoms in total. The first-order valence-corrected chi connectivity index (χ1v) is 7.01. The standard InChI is InChI=1S/C14H17N3OS/c1-15-8-11-3-4-13(18-2)12(7-11)10-19-14-9-16-5-6-17-14/h3-7,9,15H,8,10H2,1-2H3. The number of aromatic nitrogens is 2. The molecule has 1 aromatic carbocycles. The van der Waals surface area contributed by atoms with E-state index in [2.05, 4.69) is 27.4 Å². The Morgan fingerprint density at radius 1 is 1.32 bits per heavy atom. The number of hydrogen-bond donors (Lipinski definition) is 1. The fourth-order valence-corrected chi connectivity index (χ4v) is 2.57. The smallest absolute Gasteiger partial charge is 0.122 e. The van der Waals surface area contributed by atoms with Crippen molar-refractivity contribution in [3.63, 3.8) is 0 Å². The van der Waals surface area contributed by atoms with Crippen molar-refractivity contribution in [1.29, 1.82) is 0 Å². The van der Waals surface area contributed by atoms with Crippen molar-refractivity contribution in [2.45, 2.75) is 17.3 Å². The van der Waals surface area contributed by atoms with Crippen molar-refractivity contribution in [2.75, 3.05) is 14.2 Å². The van der Waals surface area contributed by atoms with Gasteiger partial charge in [0.2, 0.25) is 0 Å². The maximum Gasteiger partial charge on any atom is 0.122 e. The van der Waals surface area contributed by atoms with Crippen LogP contribution in [0.5, 0.6) is 5.75 Å². The highest BCUT2D eigenvalue weighted by molar-refractivity contribution is 7.98. The summed E-state index contributed by atoms with van der Waals surface area (Å²) in [5, 5.41) is 4.07. The molecule has 1 N–H and O–H groups in total. The molecule has 0 aliphatic heterocycles. The molecular formula is C14H17N3OS. The number of benzene rings is 1. The van der Waals surface area contributed by atoms with Gasteiger partial charge in [-0.25, -0.2) is 4.98 Å². The summed E-state index contributed by atoms with van der Waals surface area (Å²) in [4.78, 5) is 8.32. The fraction of sp³-hybridized carbons (Fsp3) is 0.286. The second-order valence-electron chi connectivity index (χ2n) is 4.01. The van der Waals surface area contributed by atoms with Gasteiger partial charge in [0.15, 0.2) is 0 Å². The fourth-order valence-electron chi connectivity index (χ4n) is 1.77. The Morgan fingerprint density at radius 2 is 2.21 bits per heavy atom. The lowest BCUT2D eigenvalue weighted by molar-refractivity contribution is 0.411. The van der Waals surface area contributed by atoms with Crippen molar-refractivity contribution in [1.82, 2.24) is 15.3 Å². The average molecular weight is 275 g/mol. The lowest BCUT2D eigenvalue weighted by Gasteiger charge is -2.10. The number of thioether (sulfide) groups is 1. The van der Waals surface area contributed by atoms with E-state index in [1.165, 1.54) is 11.1 Å². The molecule has 0 unspecified atom stereocenters. The monoisotopic (exact) mass is 275 g/mol. The van der Waals surface area contributed by atoms with E-state index in [9.17, 15) is 0 Å². The summed E-state index contributed by atoms with van der Waals surface area (Å²) in [6.45, 7) is 0.854. The van der Waals surface area contributed by atoms with Crippen LogP contribution in [0.15, 0.2) is 41.8 Å². The van der Waals surface area contributed by atoms with E-state index in [-0.39, 0.29) is 0 Å². The Bertz CT molecular complexity index is 519. The average Bonchev–Trinajstić information content (AvgIpc) is 2.47. The topological polar surface area (TPSA) is 47.0 Å². The summed E-state index contributed by atoms with van der Waals surface area (Å²) in [5.41, 5.74) is 2.42. The van der Waals surface area contributed by atoms with Gasteiger partial charge in [0.25, 0.3) is 0 Å². The summed E-state index contributed by atoms with van der Waals surface area (Å²) in [5.74, 6) is 1.73. The molecule has 100 valence electrons. The Labute approximate surface area is 117 Å². The zero-order chi connectivity index (χ0) is 13.5. The predicted molar refractivity (Wildman–Crippen MR) is 77.4 cm³/mol. The van der Waals surface area contributed by atoms with Gasteiger partial charge in [0, 0.05) is 30.3 Å². The minimum atomic E-state index is 0.819. The summed E-state index contributed by atoms with van der Waals surface area (Å²) in [6.07, 6.45) is 5.16. The number of methoxy groups -OCH3 is 1. The third-order valence-electron chi connectivity index (χ3n) is 2.64. The Kier molecular flexibility index (Phi) is 5.18. The molecule has 2 aromatic rings. The number of ether oxygens (including phenoxy) is 1. The van der Waals surface area contributed by atoms with Crippen LogP contribution in [-0.4, -0.2) is 24.1 Å². The van der Waals surface area contributed by atoms with Crippen LogP contribution < -0.4 is 10.1 Å². The molecule has 1 aromatic heterocycles. The van der Waals surface area contributed by atoms with Gasteiger partial charge >= 0.3 is 0 Å². The quantitative estimate of drug-likeness (QED) is 0.821. The maximum atomic E-state index is 5.40. The summed E-state index contributed by atoms with van der Waals surface area (Å²) in [6, 6.07) is 6.25. The molecule has 0 aliphatic carbocycles. The minimum Gasteiger partial charge on any atom is -0.496 e. The molecule has 0 aliphatic rings. The largest absolute Gasteiger partial charge is 0.496 e. The van der Waals surface area contributed by atoms with Crippen LogP contribution in [0.4, 0.5) is 0 Å². The van der Waals surface area contributed by atoms with Gasteiger partial charge in [-0.2, -0.15) is 0 Å². The van der Waals surface area contributed by atoms with Crippen LogP contribution in [-0.2, 0) is 12.3 Å². The molecule has 0 spiro atoms. The van der Waals surface area contributed by atoms with Crippen molar-refractivity contribution >= 4 is 11.8 Å². The molecule has 19 heavy (non-hydrogen) atoms. The van der Waals surface area contributed by atoms with E-state index < -0.39 is 0 Å². The van der Waals surface area contributed by atoms with E-state index in [0.29, 0.717) is 0 Å². The van der Waals surface area contributed by atoms with Crippen LogP contribution in [0, 0.1) is 0 Å². The van der Waals surface area contributed by atoms with Crippen LogP contribution in [0.2, 0.25) is 0 Å². The Hall–Kier alpha value is -1.59. The predicted octanol–water partition coefficient (Wildman–Crippen LogP) is 2.50. The molecule has 0 amide bonds. The molecular weight excluding hydrogens is 258 g/mol. The molecule has 0 saturated heterocycles. The van der Waals surface area contributed by atoms with E-state index in [1.807, 2.05) is 13.1 Å². The third kappa shape index (κ3) is 3.94. The first kappa shape index (κ1) is 13.8. The van der Waals surface area contributed by atoms with Crippen LogP contribution in [0.25, 0.3) is 0 Å². The molecule has 0 saturated carbocycles. The van der Waals surface area contributed by atoms with E-state index in [1.54, 1.807) is 37.5 Å². The highest BCUT2D eigenvalue weighted by Crippen LogP contribution is 2.27. The zero-order valence-corrected chi connectivity index (χ0v) is 11.9. The highest BCUT2D eigenvalue weighted by Gasteiger charge is 2.06. The molecule has 0 atom stereocenters. The molecule has 0 bridgehead atoms. The van der Waals surface area contributed by atoms with Crippen LogP contribution in [0.3, 0.4) is 0 Å². The number of rotatable bonds is 6.